The Balaban J connectivity index is 1.92. The summed E-state index contributed by atoms with van der Waals surface area (Å²) in [4.78, 5) is 16.2. The van der Waals surface area contributed by atoms with Crippen molar-refractivity contribution in [3.8, 4) is 5.75 Å². The van der Waals surface area contributed by atoms with Gasteiger partial charge in [0.25, 0.3) is 0 Å². The zero-order chi connectivity index (χ0) is 15.5. The van der Waals surface area contributed by atoms with Crippen molar-refractivity contribution in [2.45, 2.75) is 0 Å². The number of hydrogen-bond acceptors (Lipinski definition) is 4. The molecular weight excluding hydrogens is 346 g/mol. The van der Waals surface area contributed by atoms with Gasteiger partial charge in [0, 0.05) is 10.0 Å². The van der Waals surface area contributed by atoms with Crippen LogP contribution in [-0.4, -0.2) is 19.0 Å². The van der Waals surface area contributed by atoms with Crippen LogP contribution in [0.25, 0.3) is 6.08 Å². The number of halogens is 1. The van der Waals surface area contributed by atoms with E-state index in [1.165, 1.54) is 0 Å². The number of aliphatic imine (C=N–C) groups is 1. The largest absolute Gasteiger partial charge is 0.497 e. The summed E-state index contributed by atoms with van der Waals surface area (Å²) in [5, 5.41) is 0. The second kappa shape index (κ2) is 6.15. The molecule has 0 saturated heterocycles. The Labute approximate surface area is 136 Å². The summed E-state index contributed by atoms with van der Waals surface area (Å²) in [5.41, 5.74) is 1.85. The number of nitrogens with zero attached hydrogens (tertiary/aromatic N) is 1. The average Bonchev–Trinajstić information content (AvgIpc) is 2.89. The monoisotopic (exact) mass is 357 g/mol. The third-order valence-electron chi connectivity index (χ3n) is 3.11. The first-order chi connectivity index (χ1) is 10.7. The smallest absolute Gasteiger partial charge is 0.363 e. The van der Waals surface area contributed by atoms with Crippen molar-refractivity contribution in [1.29, 1.82) is 0 Å². The lowest BCUT2D eigenvalue weighted by molar-refractivity contribution is -0.129. The number of hydrogen-bond donors (Lipinski definition) is 0. The fourth-order valence-corrected chi connectivity index (χ4v) is 2.28. The first kappa shape index (κ1) is 14.5. The van der Waals surface area contributed by atoms with E-state index in [4.69, 9.17) is 9.47 Å². The average molecular weight is 358 g/mol. The maximum atomic E-state index is 11.9. The van der Waals surface area contributed by atoms with E-state index in [0.717, 1.165) is 21.3 Å². The summed E-state index contributed by atoms with van der Waals surface area (Å²) in [6.45, 7) is 0. The van der Waals surface area contributed by atoms with Gasteiger partial charge in [-0.05, 0) is 48.0 Å². The first-order valence-corrected chi connectivity index (χ1v) is 7.37. The van der Waals surface area contributed by atoms with Gasteiger partial charge in [0.05, 0.1) is 7.11 Å². The van der Waals surface area contributed by atoms with Crippen LogP contribution in [0.1, 0.15) is 11.1 Å². The van der Waals surface area contributed by atoms with E-state index in [-0.39, 0.29) is 5.70 Å². The molecule has 1 aliphatic rings. The zero-order valence-corrected chi connectivity index (χ0v) is 13.3. The van der Waals surface area contributed by atoms with Gasteiger partial charge in [-0.2, -0.15) is 0 Å². The zero-order valence-electron chi connectivity index (χ0n) is 11.7. The molecule has 2 aromatic rings. The number of carbonyl (C=O) groups excluding carboxylic acids is 1. The summed E-state index contributed by atoms with van der Waals surface area (Å²) in [7, 11) is 1.60. The van der Waals surface area contributed by atoms with Crippen LogP contribution in [0.15, 0.2) is 63.7 Å². The molecule has 110 valence electrons. The fraction of sp³-hybridized carbons (Fsp3) is 0.0588. The van der Waals surface area contributed by atoms with E-state index in [2.05, 4.69) is 20.9 Å². The Morgan fingerprint density at radius 3 is 2.68 bits per heavy atom. The number of carbonyl (C=O) groups is 1. The number of rotatable bonds is 3. The molecule has 4 nitrogen and oxygen atoms in total. The minimum Gasteiger partial charge on any atom is -0.497 e. The molecule has 0 aromatic heterocycles. The Morgan fingerprint density at radius 2 is 1.95 bits per heavy atom. The van der Waals surface area contributed by atoms with Gasteiger partial charge in [0.2, 0.25) is 5.90 Å². The van der Waals surface area contributed by atoms with Crippen LogP contribution in [0.3, 0.4) is 0 Å². The van der Waals surface area contributed by atoms with Gasteiger partial charge in [0.1, 0.15) is 5.75 Å². The van der Waals surface area contributed by atoms with E-state index >= 15 is 0 Å². The molecule has 0 unspecified atom stereocenters. The second-order valence-electron chi connectivity index (χ2n) is 4.62. The highest BCUT2D eigenvalue weighted by molar-refractivity contribution is 9.10. The number of ether oxygens (including phenoxy) is 2. The van der Waals surface area contributed by atoms with Crippen LogP contribution in [0.5, 0.6) is 5.75 Å². The van der Waals surface area contributed by atoms with Crippen molar-refractivity contribution >= 4 is 33.9 Å². The van der Waals surface area contributed by atoms with Crippen molar-refractivity contribution < 1.29 is 14.3 Å². The van der Waals surface area contributed by atoms with Gasteiger partial charge in [-0.1, -0.05) is 28.1 Å². The quantitative estimate of drug-likeness (QED) is 0.619. The van der Waals surface area contributed by atoms with Crippen molar-refractivity contribution in [3.05, 3.63) is 69.8 Å². The van der Waals surface area contributed by atoms with Crippen molar-refractivity contribution in [2.24, 2.45) is 4.99 Å². The van der Waals surface area contributed by atoms with Gasteiger partial charge >= 0.3 is 5.97 Å². The summed E-state index contributed by atoms with van der Waals surface area (Å²) < 4.78 is 11.3. The van der Waals surface area contributed by atoms with Gasteiger partial charge in [0.15, 0.2) is 5.70 Å². The standard InChI is InChI=1S/C17H12BrNO3/c1-21-14-4-2-3-11(9-14)10-15-17(20)22-16(19-15)12-5-7-13(18)8-6-12/h2-10H,1H3/b15-10-. The number of methoxy groups -OCH3 is 1. The maximum Gasteiger partial charge on any atom is 0.363 e. The molecule has 1 heterocycles. The Morgan fingerprint density at radius 1 is 1.18 bits per heavy atom. The molecule has 0 N–H and O–H groups in total. The fourth-order valence-electron chi connectivity index (χ4n) is 2.01. The second-order valence-corrected chi connectivity index (χ2v) is 5.54. The molecule has 1 aliphatic heterocycles. The Hall–Kier alpha value is -2.40. The van der Waals surface area contributed by atoms with Crippen molar-refractivity contribution in [3.63, 3.8) is 0 Å². The highest BCUT2D eigenvalue weighted by atomic mass is 79.9. The minimum atomic E-state index is -0.458. The Kier molecular flexibility index (Phi) is 4.06. The van der Waals surface area contributed by atoms with Crippen molar-refractivity contribution in [1.82, 2.24) is 0 Å². The molecule has 22 heavy (non-hydrogen) atoms. The third-order valence-corrected chi connectivity index (χ3v) is 3.64. The molecule has 0 atom stereocenters. The summed E-state index contributed by atoms with van der Waals surface area (Å²) in [6.07, 6.45) is 1.68. The molecule has 0 spiro atoms. The molecule has 0 fully saturated rings. The van der Waals surface area contributed by atoms with Crippen LogP contribution < -0.4 is 4.74 Å². The number of cyclic esters (lactones) is 1. The highest BCUT2D eigenvalue weighted by Crippen LogP contribution is 2.22. The molecule has 0 radical (unpaired) electrons. The van der Waals surface area contributed by atoms with E-state index in [1.807, 2.05) is 48.5 Å². The van der Waals surface area contributed by atoms with Crippen LogP contribution in [-0.2, 0) is 9.53 Å². The summed E-state index contributed by atoms with van der Waals surface area (Å²) in [5.74, 6) is 0.574. The summed E-state index contributed by atoms with van der Waals surface area (Å²) >= 11 is 3.36. The van der Waals surface area contributed by atoms with E-state index < -0.39 is 5.97 Å². The lowest BCUT2D eigenvalue weighted by Gasteiger charge is -2.00. The minimum absolute atomic E-state index is 0.270. The predicted octanol–water partition coefficient (Wildman–Crippen LogP) is 3.80. The maximum absolute atomic E-state index is 11.9. The molecule has 0 aliphatic carbocycles. The van der Waals surface area contributed by atoms with Crippen molar-refractivity contribution in [2.75, 3.05) is 7.11 Å². The molecular formula is C17H12BrNO3. The summed E-state index contributed by atoms with van der Waals surface area (Å²) in [6, 6.07) is 14.8. The van der Waals surface area contributed by atoms with E-state index in [1.54, 1.807) is 13.2 Å². The van der Waals surface area contributed by atoms with Gasteiger partial charge in [-0.3, -0.25) is 0 Å². The van der Waals surface area contributed by atoms with Gasteiger partial charge in [-0.15, -0.1) is 0 Å². The molecule has 0 bridgehead atoms. The first-order valence-electron chi connectivity index (χ1n) is 6.58. The van der Waals surface area contributed by atoms with Crippen LogP contribution in [0.2, 0.25) is 0 Å². The Bertz CT molecular complexity index is 779. The molecule has 0 amide bonds. The van der Waals surface area contributed by atoms with Gasteiger partial charge < -0.3 is 9.47 Å². The normalized spacial score (nSPS) is 15.6. The molecule has 5 heteroatoms. The van der Waals surface area contributed by atoms with Crippen LogP contribution in [0.4, 0.5) is 0 Å². The molecule has 3 rings (SSSR count). The molecule has 2 aromatic carbocycles. The molecule has 0 saturated carbocycles. The van der Waals surface area contributed by atoms with Crippen LogP contribution in [0, 0.1) is 0 Å². The van der Waals surface area contributed by atoms with E-state index in [0.29, 0.717) is 5.90 Å². The number of esters is 1. The van der Waals surface area contributed by atoms with E-state index in [9.17, 15) is 4.79 Å². The van der Waals surface area contributed by atoms with Gasteiger partial charge in [-0.25, -0.2) is 9.79 Å². The topological polar surface area (TPSA) is 47.9 Å². The lowest BCUT2D eigenvalue weighted by atomic mass is 10.2. The predicted molar refractivity (Wildman–Crippen MR) is 87.7 cm³/mol. The van der Waals surface area contributed by atoms with Crippen LogP contribution >= 0.6 is 15.9 Å². The lowest BCUT2D eigenvalue weighted by Crippen LogP contribution is -2.05. The SMILES string of the molecule is COc1cccc(/C=C2\N=C(c3ccc(Br)cc3)OC2=O)c1. The highest BCUT2D eigenvalue weighted by Gasteiger charge is 2.24. The third kappa shape index (κ3) is 3.09. The number of benzene rings is 2.